The summed E-state index contributed by atoms with van der Waals surface area (Å²) in [5.41, 5.74) is 0. The fourth-order valence-electron chi connectivity index (χ4n) is 2.85. The minimum Gasteiger partial charge on any atom is -0.481 e. The Labute approximate surface area is 159 Å². The number of sulfonamides is 1. The average Bonchev–Trinajstić information content (AvgIpc) is 2.57. The Morgan fingerprint density at radius 2 is 2.00 bits per heavy atom. The van der Waals surface area contributed by atoms with Crippen LogP contribution in [0.3, 0.4) is 0 Å². The fourth-order valence-corrected chi connectivity index (χ4v) is 6.12. The van der Waals surface area contributed by atoms with Gasteiger partial charge in [0.05, 0.1) is 4.90 Å². The van der Waals surface area contributed by atoms with Crippen LogP contribution in [0.25, 0.3) is 0 Å². The lowest BCUT2D eigenvalue weighted by molar-refractivity contribution is -0.143. The summed E-state index contributed by atoms with van der Waals surface area (Å²) in [5.74, 6) is 5.36. The second-order valence-corrected chi connectivity index (χ2v) is 10.0. The summed E-state index contributed by atoms with van der Waals surface area (Å²) < 4.78 is 32.1. The first-order chi connectivity index (χ1) is 12.1. The monoisotopic (exact) mass is 397 g/mol. The molecule has 6 nitrogen and oxygen atoms in total. The number of ether oxygens (including phenoxy) is 1. The first-order valence-corrected chi connectivity index (χ1v) is 10.6. The van der Waals surface area contributed by atoms with Gasteiger partial charge >= 0.3 is 5.97 Å². The zero-order valence-corrected chi connectivity index (χ0v) is 16.9. The Kier molecular flexibility index (Phi) is 6.27. The summed E-state index contributed by atoms with van der Waals surface area (Å²) in [6.45, 7) is 7.18. The molecule has 1 N–H and O–H groups in total. The van der Waals surface area contributed by atoms with E-state index in [0.717, 1.165) is 4.31 Å². The third kappa shape index (κ3) is 4.17. The highest BCUT2D eigenvalue weighted by Crippen LogP contribution is 2.41. The molecule has 1 aliphatic rings. The Hall–Kier alpha value is -1.69. The molecule has 1 aromatic carbocycles. The summed E-state index contributed by atoms with van der Waals surface area (Å²) in [4.78, 5) is 11.9. The van der Waals surface area contributed by atoms with Crippen LogP contribution >= 0.6 is 11.8 Å². The van der Waals surface area contributed by atoms with Crippen LogP contribution in [0.1, 0.15) is 27.7 Å². The lowest BCUT2D eigenvalue weighted by Crippen LogP contribution is -2.61. The molecule has 0 spiro atoms. The first-order valence-electron chi connectivity index (χ1n) is 8.14. The standard InChI is InChI=1S/C18H23NO5S2/c1-5-6-11-24-14-7-9-15(10-8-14)26(22,23)19-13(2)12-25-18(3,4)16(19)17(20)21/h7-10,13,16H,11-12H2,1-4H3,(H,20,21). The lowest BCUT2D eigenvalue weighted by Gasteiger charge is -2.45. The molecule has 0 amide bonds. The number of hydrogen-bond acceptors (Lipinski definition) is 5. The molecule has 1 saturated heterocycles. The maximum Gasteiger partial charge on any atom is 0.323 e. The van der Waals surface area contributed by atoms with Gasteiger partial charge in [-0.05, 0) is 52.0 Å². The van der Waals surface area contributed by atoms with Crippen molar-refractivity contribution in [2.75, 3.05) is 12.4 Å². The molecule has 26 heavy (non-hydrogen) atoms. The average molecular weight is 398 g/mol. The normalized spacial score (nSPS) is 22.9. The topological polar surface area (TPSA) is 83.9 Å². The van der Waals surface area contributed by atoms with Crippen LogP contribution in [-0.2, 0) is 14.8 Å². The van der Waals surface area contributed by atoms with Crippen LogP contribution in [0.15, 0.2) is 29.2 Å². The summed E-state index contributed by atoms with van der Waals surface area (Å²) in [6.07, 6.45) is 0. The largest absolute Gasteiger partial charge is 0.481 e. The number of aliphatic carboxylic acids is 1. The van der Waals surface area contributed by atoms with E-state index in [1.807, 2.05) is 0 Å². The third-order valence-electron chi connectivity index (χ3n) is 4.16. The minimum atomic E-state index is -3.96. The highest BCUT2D eigenvalue weighted by molar-refractivity contribution is 8.01. The minimum absolute atomic E-state index is 0.0484. The Morgan fingerprint density at radius 1 is 1.38 bits per heavy atom. The van der Waals surface area contributed by atoms with Crippen molar-refractivity contribution >= 4 is 27.8 Å². The van der Waals surface area contributed by atoms with Gasteiger partial charge in [0.2, 0.25) is 10.0 Å². The second-order valence-electron chi connectivity index (χ2n) is 6.53. The van der Waals surface area contributed by atoms with Gasteiger partial charge in [0.25, 0.3) is 0 Å². The molecule has 0 saturated carbocycles. The van der Waals surface area contributed by atoms with Gasteiger partial charge in [0, 0.05) is 16.5 Å². The van der Waals surface area contributed by atoms with Crippen molar-refractivity contribution < 1.29 is 23.1 Å². The number of carboxylic acid groups (broad SMARTS) is 1. The van der Waals surface area contributed by atoms with Crippen LogP contribution in [-0.4, -0.2) is 53.0 Å². The number of benzene rings is 1. The molecular weight excluding hydrogens is 374 g/mol. The lowest BCUT2D eigenvalue weighted by atomic mass is 10.0. The van der Waals surface area contributed by atoms with Crippen molar-refractivity contribution in [1.82, 2.24) is 4.31 Å². The van der Waals surface area contributed by atoms with E-state index in [2.05, 4.69) is 11.8 Å². The van der Waals surface area contributed by atoms with Crippen molar-refractivity contribution in [1.29, 1.82) is 0 Å². The van der Waals surface area contributed by atoms with Crippen LogP contribution in [0.4, 0.5) is 0 Å². The summed E-state index contributed by atoms with van der Waals surface area (Å²) in [6, 6.07) is 4.41. The Balaban J connectivity index is 2.37. The Bertz CT molecular complexity index is 821. The van der Waals surface area contributed by atoms with Gasteiger partial charge in [-0.25, -0.2) is 8.42 Å². The van der Waals surface area contributed by atoms with Crippen LogP contribution < -0.4 is 4.74 Å². The molecule has 0 aromatic heterocycles. The predicted octanol–water partition coefficient (Wildman–Crippen LogP) is 2.45. The molecule has 1 fully saturated rings. The van der Waals surface area contributed by atoms with Crippen LogP contribution in [0, 0.1) is 11.8 Å². The van der Waals surface area contributed by atoms with E-state index in [0.29, 0.717) is 11.5 Å². The molecule has 0 aliphatic carbocycles. The van der Waals surface area contributed by atoms with E-state index in [1.165, 1.54) is 23.9 Å². The number of rotatable bonds is 5. The van der Waals surface area contributed by atoms with Gasteiger partial charge in [0.1, 0.15) is 18.4 Å². The summed E-state index contributed by atoms with van der Waals surface area (Å²) in [7, 11) is -3.96. The zero-order chi connectivity index (χ0) is 19.5. The van der Waals surface area contributed by atoms with Gasteiger partial charge < -0.3 is 9.84 Å². The zero-order valence-electron chi connectivity index (χ0n) is 15.2. The van der Waals surface area contributed by atoms with Crippen molar-refractivity contribution in [3.8, 4) is 17.6 Å². The number of carboxylic acids is 1. The molecule has 1 aromatic rings. The maximum atomic E-state index is 13.2. The number of hydrogen-bond donors (Lipinski definition) is 1. The molecule has 142 valence electrons. The summed E-state index contributed by atoms with van der Waals surface area (Å²) >= 11 is 1.47. The molecule has 2 rings (SSSR count). The van der Waals surface area contributed by atoms with E-state index in [1.54, 1.807) is 39.8 Å². The van der Waals surface area contributed by atoms with Gasteiger partial charge in [-0.1, -0.05) is 5.92 Å². The fraction of sp³-hybridized carbons (Fsp3) is 0.500. The summed E-state index contributed by atoms with van der Waals surface area (Å²) in [5, 5.41) is 9.68. The van der Waals surface area contributed by atoms with Crippen molar-refractivity contribution in [3.63, 3.8) is 0 Å². The molecule has 8 heteroatoms. The van der Waals surface area contributed by atoms with E-state index in [4.69, 9.17) is 4.74 Å². The molecule has 0 bridgehead atoms. The van der Waals surface area contributed by atoms with Crippen LogP contribution in [0.2, 0.25) is 0 Å². The number of carbonyl (C=O) groups is 1. The highest BCUT2D eigenvalue weighted by atomic mass is 32.2. The van der Waals surface area contributed by atoms with E-state index < -0.39 is 32.8 Å². The Morgan fingerprint density at radius 3 is 2.54 bits per heavy atom. The van der Waals surface area contributed by atoms with Gasteiger partial charge in [-0.2, -0.15) is 16.1 Å². The van der Waals surface area contributed by atoms with Gasteiger partial charge in [0.15, 0.2) is 0 Å². The molecule has 2 unspecified atom stereocenters. The van der Waals surface area contributed by atoms with E-state index >= 15 is 0 Å². The number of thioether (sulfide) groups is 1. The van der Waals surface area contributed by atoms with Crippen LogP contribution in [0.5, 0.6) is 5.75 Å². The molecule has 0 radical (unpaired) electrons. The molecular formula is C18H23NO5S2. The van der Waals surface area contributed by atoms with Gasteiger partial charge in [-0.15, -0.1) is 5.92 Å². The number of nitrogens with zero attached hydrogens (tertiary/aromatic N) is 1. The van der Waals surface area contributed by atoms with Crippen molar-refractivity contribution in [3.05, 3.63) is 24.3 Å². The highest BCUT2D eigenvalue weighted by Gasteiger charge is 2.51. The van der Waals surface area contributed by atoms with Gasteiger partial charge in [-0.3, -0.25) is 4.79 Å². The van der Waals surface area contributed by atoms with E-state index in [9.17, 15) is 18.3 Å². The molecule has 1 aliphatic heterocycles. The third-order valence-corrected chi connectivity index (χ3v) is 7.77. The van der Waals surface area contributed by atoms with Crippen molar-refractivity contribution in [2.45, 2.75) is 49.4 Å². The SMILES string of the molecule is CC#CCOc1ccc(S(=O)(=O)N2C(C)CSC(C)(C)C2C(=O)O)cc1. The smallest absolute Gasteiger partial charge is 0.323 e. The van der Waals surface area contributed by atoms with E-state index in [-0.39, 0.29) is 11.5 Å². The molecule has 2 atom stereocenters. The van der Waals surface area contributed by atoms with Crippen molar-refractivity contribution in [2.24, 2.45) is 0 Å². The second kappa shape index (κ2) is 7.91. The first kappa shape index (κ1) is 20.6. The predicted molar refractivity (Wildman–Crippen MR) is 102 cm³/mol. The quantitative estimate of drug-likeness (QED) is 0.769. The maximum absolute atomic E-state index is 13.2. The molecule has 1 heterocycles.